The topological polar surface area (TPSA) is 73.3 Å². The first-order valence-corrected chi connectivity index (χ1v) is 5.50. The third-order valence-corrected chi connectivity index (χ3v) is 3.46. The van der Waals surface area contributed by atoms with E-state index >= 15 is 0 Å². The first kappa shape index (κ1) is 9.23. The molecule has 0 fully saturated rings. The number of nitrogens with one attached hydrogen (secondary N) is 1. The van der Waals surface area contributed by atoms with E-state index in [-0.39, 0.29) is 17.1 Å². The molecule has 0 radical (unpaired) electrons. The minimum atomic E-state index is -0.224. The van der Waals surface area contributed by atoms with Crippen molar-refractivity contribution >= 4 is 32.3 Å². The Bertz CT molecular complexity index is 757. The van der Waals surface area contributed by atoms with Crippen LogP contribution < -0.4 is 5.56 Å². The number of fused-ring (bicyclic) bond motifs is 3. The summed E-state index contributed by atoms with van der Waals surface area (Å²) < 4.78 is 0.468. The molecular weight excluding hydrogens is 226 g/mol. The lowest BCUT2D eigenvalue weighted by atomic mass is 10.1. The van der Waals surface area contributed by atoms with Gasteiger partial charge in [-0.25, -0.2) is 0 Å². The molecule has 5 heteroatoms. The predicted molar refractivity (Wildman–Crippen MR) is 63.3 cm³/mol. The summed E-state index contributed by atoms with van der Waals surface area (Å²) in [5, 5.41) is 21.8. The second-order valence-corrected chi connectivity index (χ2v) is 4.39. The molecule has 3 aromatic rings. The predicted octanol–water partition coefficient (Wildman–Crippen LogP) is 2.15. The molecule has 4 nitrogen and oxygen atoms in total. The highest BCUT2D eigenvalue weighted by molar-refractivity contribution is 7.17. The van der Waals surface area contributed by atoms with Gasteiger partial charge in [0.1, 0.15) is 16.2 Å². The minimum absolute atomic E-state index is 0.0710. The van der Waals surface area contributed by atoms with E-state index < -0.39 is 0 Å². The van der Waals surface area contributed by atoms with E-state index in [1.807, 2.05) is 0 Å². The van der Waals surface area contributed by atoms with Crippen LogP contribution in [0.2, 0.25) is 0 Å². The van der Waals surface area contributed by atoms with E-state index in [1.54, 1.807) is 6.07 Å². The maximum Gasteiger partial charge on any atom is 0.266 e. The van der Waals surface area contributed by atoms with Crippen LogP contribution in [0, 0.1) is 0 Å². The summed E-state index contributed by atoms with van der Waals surface area (Å²) in [6.45, 7) is 0. The van der Waals surface area contributed by atoms with E-state index in [4.69, 9.17) is 0 Å². The molecule has 0 saturated heterocycles. The molecule has 0 aliphatic heterocycles. The fourth-order valence-corrected chi connectivity index (χ4v) is 2.64. The summed E-state index contributed by atoms with van der Waals surface area (Å²) in [5.41, 5.74) is 0.377. The quantitative estimate of drug-likeness (QED) is 0.557. The molecule has 1 aromatic carbocycles. The Hall–Kier alpha value is -2.01. The molecule has 2 heterocycles. The molecule has 3 rings (SSSR count). The zero-order valence-electron chi connectivity index (χ0n) is 8.02. The summed E-state index contributed by atoms with van der Waals surface area (Å²) in [6, 6.07) is 4.64. The number of benzene rings is 1. The second kappa shape index (κ2) is 2.99. The standard InChI is InChI=1S/C11H7NO3S/c13-5-1-2-7-6(3-5)9-8(14)4-16-10(9)11(15)12-7/h1-4,13-14H,(H,12,15). The molecule has 0 spiro atoms. The van der Waals surface area contributed by atoms with Crippen LogP contribution in [-0.4, -0.2) is 15.2 Å². The number of hydrogen-bond donors (Lipinski definition) is 3. The fraction of sp³-hybridized carbons (Fsp3) is 0. The second-order valence-electron chi connectivity index (χ2n) is 3.51. The largest absolute Gasteiger partial charge is 0.508 e. The van der Waals surface area contributed by atoms with Crippen molar-refractivity contribution in [2.24, 2.45) is 0 Å². The number of rotatable bonds is 0. The molecule has 80 valence electrons. The van der Waals surface area contributed by atoms with Crippen LogP contribution >= 0.6 is 11.3 Å². The highest BCUT2D eigenvalue weighted by atomic mass is 32.1. The Labute approximate surface area is 93.4 Å². The molecular formula is C11H7NO3S. The van der Waals surface area contributed by atoms with Crippen molar-refractivity contribution < 1.29 is 10.2 Å². The number of aromatic hydroxyl groups is 2. The van der Waals surface area contributed by atoms with E-state index in [9.17, 15) is 15.0 Å². The van der Waals surface area contributed by atoms with E-state index in [2.05, 4.69) is 4.98 Å². The van der Waals surface area contributed by atoms with Crippen LogP contribution in [0.4, 0.5) is 0 Å². The highest BCUT2D eigenvalue weighted by Gasteiger charge is 2.11. The average molecular weight is 233 g/mol. The minimum Gasteiger partial charge on any atom is -0.508 e. The van der Waals surface area contributed by atoms with Crippen LogP contribution in [-0.2, 0) is 0 Å². The number of hydrogen-bond acceptors (Lipinski definition) is 4. The normalized spacial score (nSPS) is 11.2. The molecule has 16 heavy (non-hydrogen) atoms. The lowest BCUT2D eigenvalue weighted by Crippen LogP contribution is -2.03. The molecule has 0 atom stereocenters. The van der Waals surface area contributed by atoms with Crippen molar-refractivity contribution in [1.82, 2.24) is 4.98 Å². The molecule has 0 amide bonds. The Kier molecular flexibility index (Phi) is 1.73. The van der Waals surface area contributed by atoms with E-state index in [0.717, 1.165) is 0 Å². The summed E-state index contributed by atoms with van der Waals surface area (Å²) in [4.78, 5) is 14.4. The number of pyridine rings is 1. The lowest BCUT2D eigenvalue weighted by Gasteiger charge is -2.01. The van der Waals surface area contributed by atoms with E-state index in [0.29, 0.717) is 21.0 Å². The number of phenols is 1. The van der Waals surface area contributed by atoms with Gasteiger partial charge in [0.2, 0.25) is 0 Å². The molecule has 0 aliphatic carbocycles. The van der Waals surface area contributed by atoms with Crippen molar-refractivity contribution in [1.29, 1.82) is 0 Å². The van der Waals surface area contributed by atoms with Gasteiger partial charge in [0.15, 0.2) is 0 Å². The van der Waals surface area contributed by atoms with E-state index in [1.165, 1.54) is 28.8 Å². The Morgan fingerprint density at radius 3 is 2.88 bits per heavy atom. The first-order chi connectivity index (χ1) is 7.66. The first-order valence-electron chi connectivity index (χ1n) is 4.62. The fourth-order valence-electron chi connectivity index (χ4n) is 1.80. The van der Waals surface area contributed by atoms with Crippen LogP contribution in [0.15, 0.2) is 28.4 Å². The zero-order chi connectivity index (χ0) is 11.3. The summed E-state index contributed by atoms with van der Waals surface area (Å²) in [6.07, 6.45) is 0. The van der Waals surface area contributed by atoms with Crippen molar-refractivity contribution in [3.63, 3.8) is 0 Å². The Balaban J connectivity index is 2.69. The van der Waals surface area contributed by atoms with Gasteiger partial charge in [0, 0.05) is 21.7 Å². The van der Waals surface area contributed by atoms with Gasteiger partial charge < -0.3 is 15.2 Å². The number of H-pyrrole nitrogens is 1. The monoisotopic (exact) mass is 233 g/mol. The molecule has 0 aliphatic rings. The molecule has 0 bridgehead atoms. The number of aromatic nitrogens is 1. The third kappa shape index (κ3) is 1.12. The van der Waals surface area contributed by atoms with Gasteiger partial charge in [-0.1, -0.05) is 0 Å². The molecule has 3 N–H and O–H groups in total. The van der Waals surface area contributed by atoms with Crippen LogP contribution in [0.5, 0.6) is 11.5 Å². The van der Waals surface area contributed by atoms with Gasteiger partial charge in [-0.3, -0.25) is 4.79 Å². The van der Waals surface area contributed by atoms with Crippen LogP contribution in [0.25, 0.3) is 21.0 Å². The van der Waals surface area contributed by atoms with Crippen LogP contribution in [0.3, 0.4) is 0 Å². The SMILES string of the molecule is O=c1[nH]c2ccc(O)cc2c2c(O)csc12. The number of phenolic OH excluding ortho intramolecular Hbond substituents is 1. The number of thiophene rings is 1. The van der Waals surface area contributed by atoms with Crippen LogP contribution in [0.1, 0.15) is 0 Å². The number of aromatic amines is 1. The van der Waals surface area contributed by atoms with Crippen molar-refractivity contribution in [3.05, 3.63) is 33.9 Å². The summed E-state index contributed by atoms with van der Waals surface area (Å²) >= 11 is 1.19. The van der Waals surface area contributed by atoms with Gasteiger partial charge in [0.25, 0.3) is 5.56 Å². The Morgan fingerprint density at radius 2 is 2.06 bits per heavy atom. The Morgan fingerprint density at radius 1 is 1.25 bits per heavy atom. The zero-order valence-corrected chi connectivity index (χ0v) is 8.84. The lowest BCUT2D eigenvalue weighted by molar-refractivity contribution is 0.476. The average Bonchev–Trinajstić information content (AvgIpc) is 2.63. The van der Waals surface area contributed by atoms with Crippen molar-refractivity contribution in [2.45, 2.75) is 0 Å². The van der Waals surface area contributed by atoms with Gasteiger partial charge in [-0.05, 0) is 18.2 Å². The van der Waals surface area contributed by atoms with Crippen molar-refractivity contribution in [2.75, 3.05) is 0 Å². The summed E-state index contributed by atoms with van der Waals surface area (Å²) in [7, 11) is 0. The maximum absolute atomic E-state index is 11.7. The molecule has 0 unspecified atom stereocenters. The van der Waals surface area contributed by atoms with Gasteiger partial charge in [-0.15, -0.1) is 11.3 Å². The maximum atomic E-state index is 11.7. The van der Waals surface area contributed by atoms with Gasteiger partial charge >= 0.3 is 0 Å². The van der Waals surface area contributed by atoms with Gasteiger partial charge in [0.05, 0.1) is 0 Å². The molecule has 0 saturated carbocycles. The van der Waals surface area contributed by atoms with Gasteiger partial charge in [-0.2, -0.15) is 0 Å². The third-order valence-electron chi connectivity index (χ3n) is 2.50. The smallest absolute Gasteiger partial charge is 0.266 e. The molecule has 2 aromatic heterocycles. The summed E-state index contributed by atoms with van der Waals surface area (Å²) in [5.74, 6) is 0.174. The van der Waals surface area contributed by atoms with Crippen molar-refractivity contribution in [3.8, 4) is 11.5 Å². The highest BCUT2D eigenvalue weighted by Crippen LogP contribution is 2.34.